The maximum absolute atomic E-state index is 5.54. The topological polar surface area (TPSA) is 67.5 Å². The summed E-state index contributed by atoms with van der Waals surface area (Å²) in [5.41, 5.74) is 0. The van der Waals surface area contributed by atoms with Crippen LogP contribution in [0.4, 0.5) is 11.6 Å². The van der Waals surface area contributed by atoms with Gasteiger partial charge < -0.3 is 9.64 Å². The van der Waals surface area contributed by atoms with E-state index in [2.05, 4.69) is 15.1 Å². The van der Waals surface area contributed by atoms with E-state index in [0.29, 0.717) is 5.82 Å². The van der Waals surface area contributed by atoms with Gasteiger partial charge in [0.2, 0.25) is 0 Å². The number of ether oxygens (including phenoxy) is 1. The number of hydrogen-bond acceptors (Lipinski definition) is 6. The zero-order chi connectivity index (χ0) is 10.7. The van der Waals surface area contributed by atoms with E-state index in [1.807, 2.05) is 12.1 Å². The zero-order valence-electron chi connectivity index (χ0n) is 9.57. The van der Waals surface area contributed by atoms with Crippen LogP contribution >= 0.6 is 24.8 Å². The molecular weight excluding hydrogens is 265 g/mol. The molecule has 1 aliphatic heterocycles. The quantitative estimate of drug-likeness (QED) is 0.628. The second-order valence-electron chi connectivity index (χ2n) is 3.46. The molecule has 0 spiro atoms. The van der Waals surface area contributed by atoms with Gasteiger partial charge in [-0.15, -0.1) is 35.0 Å². The van der Waals surface area contributed by atoms with Crippen molar-refractivity contribution < 1.29 is 4.74 Å². The van der Waals surface area contributed by atoms with Crippen LogP contribution in [0, 0.1) is 0 Å². The molecule has 0 radical (unpaired) electrons. The van der Waals surface area contributed by atoms with Crippen molar-refractivity contribution in [1.29, 1.82) is 0 Å². The van der Waals surface area contributed by atoms with Crippen LogP contribution in [0.2, 0.25) is 0 Å². The van der Waals surface area contributed by atoms with Gasteiger partial charge in [0, 0.05) is 20.1 Å². The summed E-state index contributed by atoms with van der Waals surface area (Å²) >= 11 is 0. The summed E-state index contributed by atoms with van der Waals surface area (Å²) in [6, 6.07) is 3.79. The molecule has 98 valence electrons. The minimum absolute atomic E-state index is 0. The Bertz CT molecular complexity index is 316. The second kappa shape index (κ2) is 7.50. The van der Waals surface area contributed by atoms with Crippen LogP contribution < -0.4 is 15.8 Å². The first-order valence-electron chi connectivity index (χ1n) is 4.92. The van der Waals surface area contributed by atoms with Crippen LogP contribution in [0.3, 0.4) is 0 Å². The first-order valence-corrected chi connectivity index (χ1v) is 4.92. The molecule has 0 bridgehead atoms. The van der Waals surface area contributed by atoms with Gasteiger partial charge in [-0.2, -0.15) is 0 Å². The van der Waals surface area contributed by atoms with Crippen molar-refractivity contribution in [3.05, 3.63) is 12.1 Å². The van der Waals surface area contributed by atoms with Crippen molar-refractivity contribution in [1.82, 2.24) is 10.2 Å². The minimum Gasteiger partial charge on any atom is -0.378 e. The lowest BCUT2D eigenvalue weighted by Gasteiger charge is -2.27. The molecule has 0 unspecified atom stereocenters. The van der Waals surface area contributed by atoms with E-state index in [0.717, 1.165) is 32.1 Å². The smallest absolute Gasteiger partial charge is 0.165 e. The fourth-order valence-corrected chi connectivity index (χ4v) is 1.47. The van der Waals surface area contributed by atoms with Crippen LogP contribution in [0.1, 0.15) is 0 Å². The highest BCUT2D eigenvalue weighted by Crippen LogP contribution is 2.13. The number of nitrogens with two attached hydrogens (primary N) is 1. The molecule has 0 atom stereocenters. The molecule has 1 aliphatic rings. The highest BCUT2D eigenvalue weighted by atomic mass is 35.5. The van der Waals surface area contributed by atoms with Gasteiger partial charge in [-0.05, 0) is 12.1 Å². The van der Waals surface area contributed by atoms with Crippen molar-refractivity contribution >= 4 is 36.4 Å². The van der Waals surface area contributed by atoms with Gasteiger partial charge in [-0.25, -0.2) is 5.84 Å². The van der Waals surface area contributed by atoms with Crippen LogP contribution in [-0.2, 0) is 4.74 Å². The van der Waals surface area contributed by atoms with Crippen molar-refractivity contribution in [2.45, 2.75) is 0 Å². The summed E-state index contributed by atoms with van der Waals surface area (Å²) in [7, 11) is 1.73. The maximum Gasteiger partial charge on any atom is 0.165 e. The Morgan fingerprint density at radius 1 is 1.24 bits per heavy atom. The summed E-state index contributed by atoms with van der Waals surface area (Å²) in [6.07, 6.45) is 0. The van der Waals surface area contributed by atoms with Gasteiger partial charge in [-0.1, -0.05) is 0 Å². The average Bonchev–Trinajstić information content (AvgIpc) is 2.30. The lowest BCUT2D eigenvalue weighted by atomic mass is 10.4. The van der Waals surface area contributed by atoms with Gasteiger partial charge in [-0.3, -0.25) is 5.01 Å². The number of hydrazine groups is 1. The van der Waals surface area contributed by atoms with Gasteiger partial charge in [0.05, 0.1) is 13.2 Å². The zero-order valence-corrected chi connectivity index (χ0v) is 11.2. The number of aromatic nitrogens is 2. The molecule has 6 nitrogen and oxygen atoms in total. The van der Waals surface area contributed by atoms with Crippen LogP contribution in [0.15, 0.2) is 12.1 Å². The Morgan fingerprint density at radius 3 is 2.35 bits per heavy atom. The summed E-state index contributed by atoms with van der Waals surface area (Å²) in [5.74, 6) is 7.08. The molecule has 1 saturated heterocycles. The van der Waals surface area contributed by atoms with Crippen LogP contribution in [0.25, 0.3) is 0 Å². The molecule has 8 heteroatoms. The number of hydrogen-bond donors (Lipinski definition) is 1. The third-order valence-electron chi connectivity index (χ3n) is 2.33. The van der Waals surface area contributed by atoms with E-state index in [9.17, 15) is 0 Å². The lowest BCUT2D eigenvalue weighted by Crippen LogP contribution is -2.37. The Labute approximate surface area is 113 Å². The second-order valence-corrected chi connectivity index (χ2v) is 3.46. The molecule has 2 rings (SSSR count). The molecule has 0 amide bonds. The summed E-state index contributed by atoms with van der Waals surface area (Å²) < 4.78 is 5.27. The molecular formula is C9H17Cl2N5O. The molecule has 0 aliphatic carbocycles. The maximum atomic E-state index is 5.54. The Balaban J connectivity index is 0.00000128. The summed E-state index contributed by atoms with van der Waals surface area (Å²) in [4.78, 5) is 2.15. The van der Waals surface area contributed by atoms with E-state index in [4.69, 9.17) is 10.6 Å². The molecule has 0 saturated carbocycles. The number of rotatable bonds is 2. The third kappa shape index (κ3) is 4.16. The fraction of sp³-hybridized carbons (Fsp3) is 0.556. The molecule has 0 aromatic carbocycles. The van der Waals surface area contributed by atoms with E-state index in [-0.39, 0.29) is 24.8 Å². The highest BCUT2D eigenvalue weighted by Gasteiger charge is 2.12. The molecule has 2 N–H and O–H groups in total. The van der Waals surface area contributed by atoms with Crippen molar-refractivity contribution in [3.63, 3.8) is 0 Å². The normalized spacial score (nSPS) is 14.6. The largest absolute Gasteiger partial charge is 0.378 e. The SMILES string of the molecule is CN(N)c1ccc(N2CCOCC2)nn1.Cl.Cl. The third-order valence-corrected chi connectivity index (χ3v) is 2.33. The van der Waals surface area contributed by atoms with Gasteiger partial charge >= 0.3 is 0 Å². The monoisotopic (exact) mass is 281 g/mol. The molecule has 17 heavy (non-hydrogen) atoms. The Morgan fingerprint density at radius 2 is 1.88 bits per heavy atom. The molecule has 1 aromatic heterocycles. The first kappa shape index (κ1) is 16.2. The van der Waals surface area contributed by atoms with Crippen molar-refractivity contribution in [3.8, 4) is 0 Å². The predicted octanol–water partition coefficient (Wildman–Crippen LogP) is 0.467. The van der Waals surface area contributed by atoms with E-state index < -0.39 is 0 Å². The summed E-state index contributed by atoms with van der Waals surface area (Å²) in [5, 5.41) is 9.58. The van der Waals surface area contributed by atoms with Gasteiger partial charge in [0.25, 0.3) is 0 Å². The standard InChI is InChI=1S/C9H15N5O.2ClH/c1-13(10)8-2-3-9(12-11-8)14-4-6-15-7-5-14;;/h2-3H,4-7,10H2,1H3;2*1H. The molecule has 1 fully saturated rings. The first-order chi connectivity index (χ1) is 7.27. The Hall–Kier alpha value is -0.820. The summed E-state index contributed by atoms with van der Waals surface area (Å²) in [6.45, 7) is 3.24. The van der Waals surface area contributed by atoms with E-state index in [1.165, 1.54) is 5.01 Å². The van der Waals surface area contributed by atoms with Crippen molar-refractivity contribution in [2.75, 3.05) is 43.3 Å². The lowest BCUT2D eigenvalue weighted by molar-refractivity contribution is 0.122. The van der Waals surface area contributed by atoms with Crippen molar-refractivity contribution in [2.24, 2.45) is 5.84 Å². The predicted molar refractivity (Wildman–Crippen MR) is 72.2 cm³/mol. The number of halogens is 2. The number of nitrogens with zero attached hydrogens (tertiary/aromatic N) is 4. The molecule has 2 heterocycles. The highest BCUT2D eigenvalue weighted by molar-refractivity contribution is 5.85. The van der Waals surface area contributed by atoms with Gasteiger partial charge in [0.1, 0.15) is 0 Å². The average molecular weight is 282 g/mol. The fourth-order valence-electron chi connectivity index (χ4n) is 1.47. The minimum atomic E-state index is 0. The number of anilines is 2. The van der Waals surface area contributed by atoms with Crippen LogP contribution in [-0.4, -0.2) is 43.5 Å². The number of morpholine rings is 1. The molecule has 1 aromatic rings. The Kier molecular flexibility index (Phi) is 7.13. The van der Waals surface area contributed by atoms with Crippen LogP contribution in [0.5, 0.6) is 0 Å². The van der Waals surface area contributed by atoms with E-state index >= 15 is 0 Å². The van der Waals surface area contributed by atoms with Gasteiger partial charge in [0.15, 0.2) is 11.6 Å². The van der Waals surface area contributed by atoms with E-state index in [1.54, 1.807) is 7.05 Å².